The van der Waals surface area contributed by atoms with Crippen LogP contribution in [0.3, 0.4) is 0 Å². The number of hydrogen-bond donors (Lipinski definition) is 2. The Hall–Kier alpha value is -3.35. The lowest BCUT2D eigenvalue weighted by Gasteiger charge is -2.06. The average molecular weight is 320 g/mol. The standard InChI is InChI=1S/C17H16N6O/c1-23-15(12-8-5-9-24-12)20-13-14(18)21-17(22-16(13)23)19-10-11-6-3-2-4-7-11/h2-9H,10H2,1H3,(H3,18,19,21,22). The first-order valence-electron chi connectivity index (χ1n) is 7.54. The maximum atomic E-state index is 6.06. The van der Waals surface area contributed by atoms with E-state index in [1.54, 1.807) is 6.26 Å². The molecule has 3 heterocycles. The first kappa shape index (κ1) is 14.3. The fraction of sp³-hybridized carbons (Fsp3) is 0.118. The van der Waals surface area contributed by atoms with Crippen molar-refractivity contribution in [2.75, 3.05) is 11.1 Å². The predicted molar refractivity (Wildman–Crippen MR) is 92.2 cm³/mol. The van der Waals surface area contributed by atoms with Crippen LogP contribution in [0, 0.1) is 0 Å². The second kappa shape index (κ2) is 5.69. The number of aryl methyl sites for hydroxylation is 1. The number of imidazole rings is 1. The van der Waals surface area contributed by atoms with E-state index in [4.69, 9.17) is 10.2 Å². The van der Waals surface area contributed by atoms with Crippen molar-refractivity contribution < 1.29 is 4.42 Å². The Bertz CT molecular complexity index is 975. The van der Waals surface area contributed by atoms with Gasteiger partial charge in [-0.05, 0) is 17.7 Å². The van der Waals surface area contributed by atoms with Crippen LogP contribution >= 0.6 is 0 Å². The van der Waals surface area contributed by atoms with E-state index in [9.17, 15) is 0 Å². The molecule has 3 aromatic heterocycles. The Morgan fingerprint density at radius 3 is 2.67 bits per heavy atom. The van der Waals surface area contributed by atoms with Gasteiger partial charge in [-0.25, -0.2) is 4.98 Å². The summed E-state index contributed by atoms with van der Waals surface area (Å²) in [6, 6.07) is 13.7. The van der Waals surface area contributed by atoms with Crippen molar-refractivity contribution in [1.82, 2.24) is 19.5 Å². The Morgan fingerprint density at radius 2 is 1.92 bits per heavy atom. The lowest BCUT2D eigenvalue weighted by atomic mass is 10.2. The van der Waals surface area contributed by atoms with Gasteiger partial charge in [0.25, 0.3) is 0 Å². The second-order valence-electron chi connectivity index (χ2n) is 5.42. The van der Waals surface area contributed by atoms with Gasteiger partial charge in [-0.15, -0.1) is 0 Å². The molecule has 24 heavy (non-hydrogen) atoms. The molecule has 0 unspecified atom stereocenters. The summed E-state index contributed by atoms with van der Waals surface area (Å²) in [4.78, 5) is 13.3. The summed E-state index contributed by atoms with van der Waals surface area (Å²) in [5.74, 6) is 2.13. The Morgan fingerprint density at radius 1 is 1.08 bits per heavy atom. The minimum absolute atomic E-state index is 0.337. The molecule has 0 amide bonds. The minimum Gasteiger partial charge on any atom is -0.461 e. The van der Waals surface area contributed by atoms with Gasteiger partial charge >= 0.3 is 0 Å². The van der Waals surface area contributed by atoms with Crippen LogP contribution in [0.5, 0.6) is 0 Å². The number of anilines is 2. The van der Waals surface area contributed by atoms with Gasteiger partial charge in [-0.3, -0.25) is 0 Å². The van der Waals surface area contributed by atoms with Crippen LogP contribution < -0.4 is 11.1 Å². The lowest BCUT2D eigenvalue weighted by molar-refractivity contribution is 0.574. The molecule has 0 aliphatic carbocycles. The molecule has 3 N–H and O–H groups in total. The van der Waals surface area contributed by atoms with Crippen LogP contribution in [-0.4, -0.2) is 19.5 Å². The molecule has 0 spiro atoms. The van der Waals surface area contributed by atoms with Gasteiger partial charge in [0.05, 0.1) is 6.26 Å². The third-order valence-electron chi connectivity index (χ3n) is 3.78. The fourth-order valence-corrected chi connectivity index (χ4v) is 2.56. The van der Waals surface area contributed by atoms with Crippen LogP contribution in [0.2, 0.25) is 0 Å². The number of furan rings is 1. The van der Waals surface area contributed by atoms with Crippen LogP contribution in [0.4, 0.5) is 11.8 Å². The van der Waals surface area contributed by atoms with E-state index in [1.807, 2.05) is 54.1 Å². The number of nitrogens with zero attached hydrogens (tertiary/aromatic N) is 4. The average Bonchev–Trinajstić information content (AvgIpc) is 3.23. The fourth-order valence-electron chi connectivity index (χ4n) is 2.56. The number of rotatable bonds is 4. The smallest absolute Gasteiger partial charge is 0.227 e. The summed E-state index contributed by atoms with van der Waals surface area (Å²) >= 11 is 0. The monoisotopic (exact) mass is 320 g/mol. The zero-order valence-corrected chi connectivity index (χ0v) is 13.1. The molecule has 0 aliphatic heterocycles. The molecule has 0 saturated carbocycles. The molecular weight excluding hydrogens is 304 g/mol. The number of fused-ring (bicyclic) bond motifs is 1. The van der Waals surface area contributed by atoms with Gasteiger partial charge in [-0.1, -0.05) is 30.3 Å². The van der Waals surface area contributed by atoms with Crippen molar-refractivity contribution in [2.45, 2.75) is 6.54 Å². The first-order valence-corrected chi connectivity index (χ1v) is 7.54. The second-order valence-corrected chi connectivity index (χ2v) is 5.42. The molecule has 1 aromatic carbocycles. The summed E-state index contributed by atoms with van der Waals surface area (Å²) in [7, 11) is 1.88. The number of nitrogens with two attached hydrogens (primary N) is 1. The molecule has 0 bridgehead atoms. The number of hydrogen-bond acceptors (Lipinski definition) is 6. The molecule has 4 aromatic rings. The molecule has 7 heteroatoms. The lowest BCUT2D eigenvalue weighted by Crippen LogP contribution is -2.06. The topological polar surface area (TPSA) is 94.8 Å². The van der Waals surface area contributed by atoms with E-state index in [2.05, 4.69) is 20.3 Å². The van der Waals surface area contributed by atoms with Crippen molar-refractivity contribution >= 4 is 22.9 Å². The van der Waals surface area contributed by atoms with Crippen molar-refractivity contribution in [3.63, 3.8) is 0 Å². The van der Waals surface area contributed by atoms with E-state index >= 15 is 0 Å². The number of nitrogens with one attached hydrogen (secondary N) is 1. The summed E-state index contributed by atoms with van der Waals surface area (Å²) in [5.41, 5.74) is 8.42. The van der Waals surface area contributed by atoms with E-state index in [0.717, 1.165) is 5.56 Å². The first-order chi connectivity index (χ1) is 11.7. The zero-order chi connectivity index (χ0) is 16.5. The Labute approximate surface area is 138 Å². The molecule has 7 nitrogen and oxygen atoms in total. The molecule has 0 saturated heterocycles. The molecule has 4 rings (SSSR count). The van der Waals surface area contributed by atoms with Gasteiger partial charge in [0, 0.05) is 13.6 Å². The third-order valence-corrected chi connectivity index (χ3v) is 3.78. The van der Waals surface area contributed by atoms with E-state index in [1.165, 1.54) is 0 Å². The highest BCUT2D eigenvalue weighted by Crippen LogP contribution is 2.26. The minimum atomic E-state index is 0.337. The molecule has 0 atom stereocenters. The SMILES string of the molecule is Cn1c(-c2ccco2)nc2c(N)nc(NCc3ccccc3)nc21. The van der Waals surface area contributed by atoms with Crippen molar-refractivity contribution in [3.05, 3.63) is 54.3 Å². The number of nitrogen functional groups attached to an aromatic ring is 1. The van der Waals surface area contributed by atoms with Gasteiger partial charge < -0.3 is 20.0 Å². The highest BCUT2D eigenvalue weighted by Gasteiger charge is 2.17. The summed E-state index contributed by atoms with van der Waals surface area (Å²) in [6.45, 7) is 0.620. The van der Waals surface area contributed by atoms with Crippen LogP contribution in [0.15, 0.2) is 53.1 Å². The normalized spacial score (nSPS) is 11.0. The summed E-state index contributed by atoms with van der Waals surface area (Å²) in [6.07, 6.45) is 1.61. The largest absolute Gasteiger partial charge is 0.461 e. The maximum Gasteiger partial charge on any atom is 0.227 e. The van der Waals surface area contributed by atoms with Gasteiger partial charge in [-0.2, -0.15) is 9.97 Å². The molecular formula is C17H16N6O. The Balaban J connectivity index is 1.70. The molecule has 0 fully saturated rings. The number of aromatic nitrogens is 4. The highest BCUT2D eigenvalue weighted by atomic mass is 16.3. The maximum absolute atomic E-state index is 6.06. The Kier molecular flexibility index (Phi) is 3.38. The van der Waals surface area contributed by atoms with E-state index in [0.29, 0.717) is 41.1 Å². The van der Waals surface area contributed by atoms with Crippen LogP contribution in [0.1, 0.15) is 5.56 Å². The number of benzene rings is 1. The van der Waals surface area contributed by atoms with E-state index < -0.39 is 0 Å². The predicted octanol–water partition coefficient (Wildman–Crippen LogP) is 2.82. The summed E-state index contributed by atoms with van der Waals surface area (Å²) in [5, 5.41) is 3.20. The quantitative estimate of drug-likeness (QED) is 0.600. The van der Waals surface area contributed by atoms with Crippen molar-refractivity contribution in [2.24, 2.45) is 7.05 Å². The molecule has 0 aliphatic rings. The van der Waals surface area contributed by atoms with Crippen LogP contribution in [0.25, 0.3) is 22.7 Å². The third kappa shape index (κ3) is 2.45. The zero-order valence-electron chi connectivity index (χ0n) is 13.1. The van der Waals surface area contributed by atoms with Gasteiger partial charge in [0.1, 0.15) is 0 Å². The van der Waals surface area contributed by atoms with Gasteiger partial charge in [0.15, 0.2) is 28.6 Å². The molecule has 120 valence electrons. The summed E-state index contributed by atoms with van der Waals surface area (Å²) < 4.78 is 7.26. The van der Waals surface area contributed by atoms with Crippen molar-refractivity contribution in [1.29, 1.82) is 0 Å². The van der Waals surface area contributed by atoms with Gasteiger partial charge in [0.2, 0.25) is 5.95 Å². The van der Waals surface area contributed by atoms with E-state index in [-0.39, 0.29) is 0 Å². The van der Waals surface area contributed by atoms with Crippen LogP contribution in [-0.2, 0) is 13.6 Å². The molecule has 0 radical (unpaired) electrons. The van der Waals surface area contributed by atoms with Crippen molar-refractivity contribution in [3.8, 4) is 11.6 Å². The highest BCUT2D eigenvalue weighted by molar-refractivity contribution is 5.85.